The lowest BCUT2D eigenvalue weighted by Gasteiger charge is -2.29. The van der Waals surface area contributed by atoms with Crippen molar-refractivity contribution >= 4 is 40.3 Å². The van der Waals surface area contributed by atoms with Gasteiger partial charge in [0.1, 0.15) is 11.5 Å². The highest BCUT2D eigenvalue weighted by atomic mass is 35.5. The number of carbonyl (C=O) groups excluding carboxylic acids is 2. The third kappa shape index (κ3) is 5.90. The zero-order valence-electron chi connectivity index (χ0n) is 23.4. The van der Waals surface area contributed by atoms with Crippen molar-refractivity contribution < 1.29 is 18.4 Å². The van der Waals surface area contributed by atoms with Crippen LogP contribution in [-0.4, -0.2) is 43.5 Å². The highest BCUT2D eigenvalue weighted by molar-refractivity contribution is 6.30. The van der Waals surface area contributed by atoms with Crippen LogP contribution in [0.3, 0.4) is 0 Å². The van der Waals surface area contributed by atoms with Crippen molar-refractivity contribution in [3.63, 3.8) is 0 Å². The number of nitrogens with one attached hydrogen (secondary N) is 1. The maximum absolute atomic E-state index is 13.8. The molecular formula is C31H31ClF2N6O3. The lowest BCUT2D eigenvalue weighted by atomic mass is 9.85. The number of hydrogen-bond acceptors (Lipinski definition) is 5. The Kier molecular flexibility index (Phi) is 8.25. The van der Waals surface area contributed by atoms with Gasteiger partial charge in [-0.05, 0) is 74.8 Å². The van der Waals surface area contributed by atoms with Crippen molar-refractivity contribution in [3.8, 4) is 5.69 Å². The van der Waals surface area contributed by atoms with E-state index in [9.17, 15) is 23.2 Å². The molecule has 3 aromatic heterocycles. The van der Waals surface area contributed by atoms with Gasteiger partial charge in [0.25, 0.3) is 12.3 Å². The Hall–Kier alpha value is -4.12. The quantitative estimate of drug-likeness (QED) is 0.291. The van der Waals surface area contributed by atoms with Crippen LogP contribution in [0.15, 0.2) is 59.7 Å². The maximum Gasteiger partial charge on any atom is 0.333 e. The number of halogens is 3. The van der Waals surface area contributed by atoms with E-state index in [0.29, 0.717) is 43.9 Å². The van der Waals surface area contributed by atoms with E-state index in [4.69, 9.17) is 11.6 Å². The second kappa shape index (κ2) is 12.2. The number of rotatable bonds is 7. The lowest BCUT2D eigenvalue weighted by molar-refractivity contribution is -0.119. The van der Waals surface area contributed by atoms with Crippen LogP contribution in [0.2, 0.25) is 5.02 Å². The van der Waals surface area contributed by atoms with Gasteiger partial charge in [0, 0.05) is 31.7 Å². The first-order chi connectivity index (χ1) is 20.8. The van der Waals surface area contributed by atoms with E-state index in [1.54, 1.807) is 26.3 Å². The first-order valence-corrected chi connectivity index (χ1v) is 14.9. The molecule has 12 heteroatoms. The third-order valence-corrected chi connectivity index (χ3v) is 8.59. The third-order valence-electron chi connectivity index (χ3n) is 8.39. The Balaban J connectivity index is 1.16. The van der Waals surface area contributed by atoms with Gasteiger partial charge in [-0.25, -0.2) is 18.6 Å². The van der Waals surface area contributed by atoms with Crippen LogP contribution in [-0.2, 0) is 11.3 Å². The van der Waals surface area contributed by atoms with E-state index in [0.717, 1.165) is 42.9 Å². The minimum absolute atomic E-state index is 0.0638. The van der Waals surface area contributed by atoms with Gasteiger partial charge < -0.3 is 5.32 Å². The number of alkyl halides is 2. The molecule has 1 saturated heterocycles. The molecule has 224 valence electrons. The number of imidazole rings is 1. The van der Waals surface area contributed by atoms with E-state index < -0.39 is 18.0 Å². The van der Waals surface area contributed by atoms with E-state index >= 15 is 0 Å². The van der Waals surface area contributed by atoms with Gasteiger partial charge in [-0.15, -0.1) is 0 Å². The number of fused-ring (bicyclic) bond motifs is 1. The molecule has 0 radical (unpaired) electrons. The predicted octanol–water partition coefficient (Wildman–Crippen LogP) is 5.68. The largest absolute Gasteiger partial charge is 0.349 e. The summed E-state index contributed by atoms with van der Waals surface area (Å²) < 4.78 is 30.2. The molecule has 0 bridgehead atoms. The number of amides is 2. The molecule has 4 aromatic rings. The highest BCUT2D eigenvalue weighted by Crippen LogP contribution is 2.29. The normalized spacial score (nSPS) is 19.3. The molecule has 1 N–H and O–H groups in total. The number of aromatic nitrogens is 4. The van der Waals surface area contributed by atoms with Crippen molar-refractivity contribution in [1.29, 1.82) is 0 Å². The topological polar surface area (TPSA) is 102 Å². The summed E-state index contributed by atoms with van der Waals surface area (Å²) in [5, 5.41) is 2.98. The Bertz CT molecular complexity index is 1710. The molecule has 0 spiro atoms. The summed E-state index contributed by atoms with van der Waals surface area (Å²) in [5.74, 6) is 0.234. The molecule has 1 aliphatic carbocycles. The molecule has 1 aliphatic heterocycles. The van der Waals surface area contributed by atoms with Crippen LogP contribution in [0.5, 0.6) is 0 Å². The number of anilines is 1. The minimum atomic E-state index is -2.89. The van der Waals surface area contributed by atoms with Crippen LogP contribution in [0.1, 0.15) is 67.4 Å². The molecule has 4 heterocycles. The Labute approximate surface area is 251 Å². The number of pyridine rings is 2. The second-order valence-corrected chi connectivity index (χ2v) is 11.6. The van der Waals surface area contributed by atoms with Gasteiger partial charge in [-0.3, -0.25) is 28.6 Å². The summed E-state index contributed by atoms with van der Waals surface area (Å²) in [7, 11) is 0. The van der Waals surface area contributed by atoms with Gasteiger partial charge >= 0.3 is 5.69 Å². The number of para-hydroxylation sites is 2. The Morgan fingerprint density at radius 3 is 2.47 bits per heavy atom. The number of nitrogens with zero attached hydrogens (tertiary/aromatic N) is 5. The van der Waals surface area contributed by atoms with E-state index in [1.165, 1.54) is 6.07 Å². The molecule has 1 saturated carbocycles. The van der Waals surface area contributed by atoms with Gasteiger partial charge in [0.05, 0.1) is 33.5 Å². The smallest absolute Gasteiger partial charge is 0.333 e. The first kappa shape index (κ1) is 29.0. The van der Waals surface area contributed by atoms with Crippen molar-refractivity contribution in [2.24, 2.45) is 5.92 Å². The first-order valence-electron chi connectivity index (χ1n) is 14.5. The monoisotopic (exact) mass is 608 g/mol. The number of piperidine rings is 1. The van der Waals surface area contributed by atoms with Crippen LogP contribution < -0.4 is 15.9 Å². The number of hydrogen-bond donors (Lipinski definition) is 1. The van der Waals surface area contributed by atoms with Crippen LogP contribution in [0.4, 0.5) is 14.6 Å². The van der Waals surface area contributed by atoms with E-state index in [2.05, 4.69) is 15.3 Å². The van der Waals surface area contributed by atoms with Crippen LogP contribution in [0, 0.1) is 5.92 Å². The summed E-state index contributed by atoms with van der Waals surface area (Å²) in [6.07, 6.45) is 5.03. The molecule has 9 nitrogen and oxygen atoms in total. The van der Waals surface area contributed by atoms with Crippen molar-refractivity contribution in [2.75, 3.05) is 11.4 Å². The average molecular weight is 609 g/mol. The summed E-state index contributed by atoms with van der Waals surface area (Å²) in [6.45, 7) is 1.15. The molecule has 6 rings (SSSR count). The van der Waals surface area contributed by atoms with Crippen LogP contribution in [0.25, 0.3) is 16.7 Å². The zero-order chi connectivity index (χ0) is 30.1. The minimum Gasteiger partial charge on any atom is -0.349 e. The van der Waals surface area contributed by atoms with Gasteiger partial charge in [-0.2, -0.15) is 0 Å². The fourth-order valence-corrected chi connectivity index (χ4v) is 6.33. The fourth-order valence-electron chi connectivity index (χ4n) is 6.17. The molecule has 0 atom stereocenters. The molecule has 2 aliphatic rings. The van der Waals surface area contributed by atoms with E-state index in [1.807, 2.05) is 30.3 Å². The molecule has 2 fully saturated rings. The molecule has 2 amide bonds. The second-order valence-electron chi connectivity index (χ2n) is 11.2. The molecular weight excluding hydrogens is 578 g/mol. The number of benzene rings is 1. The van der Waals surface area contributed by atoms with E-state index in [-0.39, 0.29) is 34.1 Å². The molecule has 43 heavy (non-hydrogen) atoms. The summed E-state index contributed by atoms with van der Waals surface area (Å²) >= 11 is 5.91. The highest BCUT2D eigenvalue weighted by Gasteiger charge is 2.28. The maximum atomic E-state index is 13.8. The zero-order valence-corrected chi connectivity index (χ0v) is 24.1. The average Bonchev–Trinajstić information content (AvgIpc) is 3.29. The molecule has 0 unspecified atom stereocenters. The number of carbonyl (C=O) groups is 2. The SMILES string of the molecule is O=C(NC1CCC(Cn2c(=O)n(-c3ccc(N4CCCCC4=O)nc3)c3ccccc32)CC1)c1cc(Cl)cnc1C(F)F. The Morgan fingerprint density at radius 2 is 1.77 bits per heavy atom. The van der Waals surface area contributed by atoms with Gasteiger partial charge in [0.2, 0.25) is 5.91 Å². The van der Waals surface area contributed by atoms with Crippen molar-refractivity contribution in [2.45, 2.75) is 64.0 Å². The molecule has 1 aromatic carbocycles. The van der Waals surface area contributed by atoms with Gasteiger partial charge in [0.15, 0.2) is 0 Å². The van der Waals surface area contributed by atoms with Crippen LogP contribution >= 0.6 is 11.6 Å². The van der Waals surface area contributed by atoms with Gasteiger partial charge in [-0.1, -0.05) is 23.7 Å². The summed E-state index contributed by atoms with van der Waals surface area (Å²) in [5.41, 5.74) is 1.23. The van der Waals surface area contributed by atoms with Crippen molar-refractivity contribution in [3.05, 3.63) is 81.6 Å². The summed E-state index contributed by atoms with van der Waals surface area (Å²) in [6, 6.07) is 12.3. The fraction of sp³-hybridized carbons (Fsp3) is 0.387. The lowest BCUT2D eigenvalue weighted by Crippen LogP contribution is -2.39. The Morgan fingerprint density at radius 1 is 1.00 bits per heavy atom. The standard InChI is InChI=1S/C31H31ClF2N6O3/c32-20-15-23(28(29(33)34)36-16-20)30(42)37-21-10-8-19(9-11-21)18-39-24-5-1-2-6-25(24)40(31(39)43)22-12-13-26(35-17-22)38-14-4-3-7-27(38)41/h1-2,5-6,12-13,15-17,19,21,29H,3-4,7-11,14,18H2,(H,37,42). The van der Waals surface area contributed by atoms with Crippen molar-refractivity contribution in [1.82, 2.24) is 24.4 Å². The summed E-state index contributed by atoms with van der Waals surface area (Å²) in [4.78, 5) is 48.8. The predicted molar refractivity (Wildman–Crippen MR) is 159 cm³/mol.